The van der Waals surface area contributed by atoms with Gasteiger partial charge >= 0.3 is 111 Å². The molecule has 0 nitrogen and oxygen atoms in total. The van der Waals surface area contributed by atoms with Crippen LogP contribution in [0.15, 0.2) is 0 Å². The molecule has 1 unspecified atom stereocenters. The second-order valence-electron chi connectivity index (χ2n) is 8.88. The van der Waals surface area contributed by atoms with Crippen molar-refractivity contribution in [3.63, 3.8) is 0 Å². The van der Waals surface area contributed by atoms with Crippen molar-refractivity contribution in [2.45, 2.75) is 60.8 Å². The molecule has 106 valence electrons. The van der Waals surface area contributed by atoms with Crippen molar-refractivity contribution in [3.8, 4) is 0 Å². The number of hydrogen-bond acceptors (Lipinski definition) is 0. The molecule has 0 N–H and O–H groups in total. The van der Waals surface area contributed by atoms with Crippen LogP contribution in [0.3, 0.4) is 0 Å². The Kier molecular flexibility index (Phi) is 6.20. The molecule has 1 heteroatoms. The summed E-state index contributed by atoms with van der Waals surface area (Å²) < 4.78 is 0. The molecule has 0 bridgehead atoms. The fourth-order valence-electron chi connectivity index (χ4n) is 2.26. The number of rotatable bonds is 6. The normalized spacial score (nSPS) is 17.0. The summed E-state index contributed by atoms with van der Waals surface area (Å²) in [4.78, 5) is 0. The van der Waals surface area contributed by atoms with Gasteiger partial charge in [0.1, 0.15) is 0 Å². The molecule has 0 aromatic carbocycles. The standard InChI is InChI=1S/C16H37P/c1-10-16(5,6)13-14(15(2,3)4)11-12-17(7,8)9/h14,17H,10-13H2,1-9H3. The predicted molar refractivity (Wildman–Crippen MR) is 87.2 cm³/mol. The van der Waals surface area contributed by atoms with E-state index in [1.54, 1.807) is 0 Å². The quantitative estimate of drug-likeness (QED) is 0.553. The van der Waals surface area contributed by atoms with Crippen LogP contribution in [0, 0.1) is 16.7 Å². The SMILES string of the molecule is CCC(C)(C)CC(CC[PH](C)(C)C)C(C)(C)C. The van der Waals surface area contributed by atoms with Gasteiger partial charge in [-0.2, -0.15) is 0 Å². The zero-order valence-electron chi connectivity index (χ0n) is 13.9. The molecule has 0 heterocycles. The zero-order chi connectivity index (χ0) is 13.9. The van der Waals surface area contributed by atoms with Gasteiger partial charge in [-0.05, 0) is 0 Å². The van der Waals surface area contributed by atoms with Gasteiger partial charge in [-0.15, -0.1) is 0 Å². The Balaban J connectivity index is 4.58. The molecular formula is C16H37P. The molecule has 0 saturated heterocycles. The molecule has 0 aromatic heterocycles. The molecule has 0 rings (SSSR count). The summed E-state index contributed by atoms with van der Waals surface area (Å²) in [5, 5.41) is 0. The van der Waals surface area contributed by atoms with Gasteiger partial charge in [0.15, 0.2) is 0 Å². The summed E-state index contributed by atoms with van der Waals surface area (Å²) in [6, 6.07) is 0. The maximum atomic E-state index is 2.50. The Bertz CT molecular complexity index is 215. The van der Waals surface area contributed by atoms with Gasteiger partial charge in [0.25, 0.3) is 0 Å². The summed E-state index contributed by atoms with van der Waals surface area (Å²) in [7, 11) is -0.884. The molecule has 0 fully saturated rings. The van der Waals surface area contributed by atoms with Crippen LogP contribution in [0.4, 0.5) is 0 Å². The summed E-state index contributed by atoms with van der Waals surface area (Å²) in [5.74, 6) is 0.879. The molecule has 0 amide bonds. The van der Waals surface area contributed by atoms with E-state index in [0.29, 0.717) is 10.8 Å². The van der Waals surface area contributed by atoms with Crippen molar-refractivity contribution in [3.05, 3.63) is 0 Å². The van der Waals surface area contributed by atoms with Gasteiger partial charge in [0.05, 0.1) is 0 Å². The van der Waals surface area contributed by atoms with Crippen LogP contribution < -0.4 is 0 Å². The minimum absolute atomic E-state index is 0.464. The van der Waals surface area contributed by atoms with E-state index in [1.807, 2.05) is 0 Å². The molecule has 17 heavy (non-hydrogen) atoms. The Morgan fingerprint density at radius 1 is 0.941 bits per heavy atom. The molecule has 0 spiro atoms. The average molecular weight is 260 g/mol. The van der Waals surface area contributed by atoms with E-state index in [1.165, 1.54) is 25.4 Å². The van der Waals surface area contributed by atoms with Crippen molar-refractivity contribution in [1.82, 2.24) is 0 Å². The Morgan fingerprint density at radius 3 is 1.71 bits per heavy atom. The third-order valence-corrected chi connectivity index (χ3v) is 6.01. The summed E-state index contributed by atoms with van der Waals surface area (Å²) >= 11 is 0. The van der Waals surface area contributed by atoms with Crippen molar-refractivity contribution in [1.29, 1.82) is 0 Å². The topological polar surface area (TPSA) is 0 Å². The summed E-state index contributed by atoms with van der Waals surface area (Å²) in [6.07, 6.45) is 5.60. The first-order valence-corrected chi connectivity index (χ1v) is 11.1. The average Bonchev–Trinajstić information content (AvgIpc) is 2.09. The first-order valence-electron chi connectivity index (χ1n) is 7.37. The fraction of sp³-hybridized carbons (Fsp3) is 1.00. The molecular weight excluding hydrogens is 223 g/mol. The van der Waals surface area contributed by atoms with Gasteiger partial charge in [0, 0.05) is 0 Å². The zero-order valence-corrected chi connectivity index (χ0v) is 14.9. The van der Waals surface area contributed by atoms with Gasteiger partial charge < -0.3 is 0 Å². The molecule has 0 aliphatic carbocycles. The molecule has 0 saturated carbocycles. The third-order valence-electron chi connectivity index (χ3n) is 4.22. The van der Waals surface area contributed by atoms with Gasteiger partial charge in [-0.1, -0.05) is 0 Å². The first-order chi connectivity index (χ1) is 7.37. The van der Waals surface area contributed by atoms with Crippen LogP contribution in [-0.2, 0) is 0 Å². The molecule has 0 radical (unpaired) electrons. The predicted octanol–water partition coefficient (Wildman–Crippen LogP) is 5.50. The van der Waals surface area contributed by atoms with Crippen molar-refractivity contribution in [2.24, 2.45) is 16.7 Å². The molecule has 0 aliphatic heterocycles. The van der Waals surface area contributed by atoms with E-state index >= 15 is 0 Å². The van der Waals surface area contributed by atoms with Gasteiger partial charge in [-0.3, -0.25) is 0 Å². The van der Waals surface area contributed by atoms with Crippen LogP contribution in [0.5, 0.6) is 0 Å². The van der Waals surface area contributed by atoms with E-state index < -0.39 is 7.26 Å². The second kappa shape index (κ2) is 6.05. The van der Waals surface area contributed by atoms with E-state index in [2.05, 4.69) is 61.5 Å². The van der Waals surface area contributed by atoms with Gasteiger partial charge in [0.2, 0.25) is 0 Å². The Morgan fingerprint density at radius 2 is 1.41 bits per heavy atom. The van der Waals surface area contributed by atoms with Gasteiger partial charge in [-0.25, -0.2) is 0 Å². The van der Waals surface area contributed by atoms with Crippen LogP contribution in [0.1, 0.15) is 60.8 Å². The third kappa shape index (κ3) is 8.20. The second-order valence-corrected chi connectivity index (χ2v) is 14.5. The molecule has 0 aliphatic rings. The van der Waals surface area contributed by atoms with E-state index in [9.17, 15) is 0 Å². The number of hydrogen-bond donors (Lipinski definition) is 0. The van der Waals surface area contributed by atoms with Crippen LogP contribution >= 0.6 is 7.26 Å². The maximum absolute atomic E-state index is 2.50. The fourth-order valence-corrected chi connectivity index (χ4v) is 3.47. The van der Waals surface area contributed by atoms with Crippen molar-refractivity contribution in [2.75, 3.05) is 26.2 Å². The molecule has 0 aromatic rings. The van der Waals surface area contributed by atoms with Crippen LogP contribution in [0.25, 0.3) is 0 Å². The van der Waals surface area contributed by atoms with Crippen molar-refractivity contribution < 1.29 is 0 Å². The van der Waals surface area contributed by atoms with E-state index in [-0.39, 0.29) is 0 Å². The monoisotopic (exact) mass is 260 g/mol. The first kappa shape index (κ1) is 17.4. The minimum atomic E-state index is -0.884. The Hall–Kier alpha value is 0.430. The van der Waals surface area contributed by atoms with Crippen LogP contribution in [0.2, 0.25) is 0 Å². The van der Waals surface area contributed by atoms with Crippen LogP contribution in [-0.4, -0.2) is 26.2 Å². The Labute approximate surface area is 111 Å². The van der Waals surface area contributed by atoms with E-state index in [0.717, 1.165) is 5.92 Å². The molecule has 1 atom stereocenters. The van der Waals surface area contributed by atoms with E-state index in [4.69, 9.17) is 0 Å². The van der Waals surface area contributed by atoms with Crippen molar-refractivity contribution >= 4 is 7.26 Å². The summed E-state index contributed by atoms with van der Waals surface area (Å²) in [5.41, 5.74) is 0.976. The summed E-state index contributed by atoms with van der Waals surface area (Å²) in [6.45, 7) is 22.0.